The third-order valence-electron chi connectivity index (χ3n) is 4.85. The van der Waals surface area contributed by atoms with E-state index >= 15 is 0 Å². The number of ether oxygens (including phenoxy) is 1. The fourth-order valence-corrected chi connectivity index (χ4v) is 3.61. The standard InChI is InChI=1S/C15H18O3/c1-8-10-4-6-15(3)7-5-11(16)9(2)12(15)13(10)18-14(8)17/h5,7-10H,4,6H2,1-3H3/t8-,9-,10-,15-/m0/s1. The first-order valence-electron chi connectivity index (χ1n) is 6.63. The number of carbonyl (C=O) groups is 2. The lowest BCUT2D eigenvalue weighted by Gasteiger charge is -2.41. The minimum Gasteiger partial charge on any atom is -0.431 e. The fraction of sp³-hybridized carbons (Fsp3) is 0.600. The summed E-state index contributed by atoms with van der Waals surface area (Å²) in [6, 6.07) is 0. The van der Waals surface area contributed by atoms with Crippen molar-refractivity contribution in [2.45, 2.75) is 33.6 Å². The molecule has 0 aromatic carbocycles. The van der Waals surface area contributed by atoms with Gasteiger partial charge in [-0.25, -0.2) is 0 Å². The van der Waals surface area contributed by atoms with E-state index in [9.17, 15) is 9.59 Å². The molecule has 3 nitrogen and oxygen atoms in total. The van der Waals surface area contributed by atoms with Crippen molar-refractivity contribution in [3.63, 3.8) is 0 Å². The van der Waals surface area contributed by atoms with Crippen LogP contribution in [0, 0.1) is 23.2 Å². The summed E-state index contributed by atoms with van der Waals surface area (Å²) in [5.74, 6) is 0.738. The quantitative estimate of drug-likeness (QED) is 0.617. The SMILES string of the molecule is C[C@H]1C(=O)C=C[C@]2(C)CC[C@@H]3C(=C12)OC(=O)[C@H]3C. The molecule has 1 heterocycles. The summed E-state index contributed by atoms with van der Waals surface area (Å²) in [6.07, 6.45) is 5.64. The molecule has 96 valence electrons. The third kappa shape index (κ3) is 1.36. The number of hydrogen-bond donors (Lipinski definition) is 0. The van der Waals surface area contributed by atoms with E-state index in [2.05, 4.69) is 6.92 Å². The average molecular weight is 246 g/mol. The molecule has 1 aliphatic heterocycles. The van der Waals surface area contributed by atoms with Gasteiger partial charge in [-0.05, 0) is 24.5 Å². The van der Waals surface area contributed by atoms with Crippen LogP contribution in [0.15, 0.2) is 23.5 Å². The van der Waals surface area contributed by atoms with Gasteiger partial charge in [0.1, 0.15) is 5.76 Å². The smallest absolute Gasteiger partial charge is 0.314 e. The molecule has 0 unspecified atom stereocenters. The lowest BCUT2D eigenvalue weighted by Crippen LogP contribution is -2.35. The largest absolute Gasteiger partial charge is 0.431 e. The molecule has 0 aromatic heterocycles. The first-order chi connectivity index (χ1) is 8.44. The Morgan fingerprint density at radius 1 is 1.33 bits per heavy atom. The minimum atomic E-state index is -0.157. The second-order valence-corrected chi connectivity index (χ2v) is 6.01. The van der Waals surface area contributed by atoms with E-state index in [0.717, 1.165) is 24.2 Å². The van der Waals surface area contributed by atoms with Crippen LogP contribution in [0.5, 0.6) is 0 Å². The van der Waals surface area contributed by atoms with Crippen molar-refractivity contribution in [3.8, 4) is 0 Å². The number of allylic oxidation sites excluding steroid dienone is 4. The summed E-state index contributed by atoms with van der Waals surface area (Å²) >= 11 is 0. The molecule has 18 heavy (non-hydrogen) atoms. The van der Waals surface area contributed by atoms with Crippen molar-refractivity contribution in [3.05, 3.63) is 23.5 Å². The van der Waals surface area contributed by atoms with Crippen molar-refractivity contribution in [2.75, 3.05) is 0 Å². The predicted molar refractivity (Wildman–Crippen MR) is 66.4 cm³/mol. The van der Waals surface area contributed by atoms with E-state index in [-0.39, 0.29) is 34.9 Å². The summed E-state index contributed by atoms with van der Waals surface area (Å²) in [4.78, 5) is 23.6. The first-order valence-corrected chi connectivity index (χ1v) is 6.63. The second kappa shape index (κ2) is 3.56. The highest BCUT2D eigenvalue weighted by molar-refractivity contribution is 5.96. The van der Waals surface area contributed by atoms with Crippen LogP contribution in [-0.4, -0.2) is 11.8 Å². The van der Waals surface area contributed by atoms with Crippen LogP contribution in [0.25, 0.3) is 0 Å². The molecule has 3 heteroatoms. The van der Waals surface area contributed by atoms with Crippen molar-refractivity contribution in [2.24, 2.45) is 23.2 Å². The number of rotatable bonds is 0. The molecule has 0 N–H and O–H groups in total. The molecule has 2 aliphatic carbocycles. The van der Waals surface area contributed by atoms with E-state index in [1.165, 1.54) is 0 Å². The molecule has 3 rings (SSSR count). The Kier molecular flexibility index (Phi) is 2.31. The van der Waals surface area contributed by atoms with Crippen LogP contribution >= 0.6 is 0 Å². The molecular weight excluding hydrogens is 228 g/mol. The van der Waals surface area contributed by atoms with Crippen LogP contribution in [-0.2, 0) is 14.3 Å². The Bertz CT molecular complexity index is 500. The average Bonchev–Trinajstić information content (AvgIpc) is 2.60. The maximum atomic E-state index is 11.9. The van der Waals surface area contributed by atoms with Crippen LogP contribution in [0.3, 0.4) is 0 Å². The van der Waals surface area contributed by atoms with Gasteiger partial charge in [-0.3, -0.25) is 9.59 Å². The fourth-order valence-electron chi connectivity index (χ4n) is 3.61. The highest BCUT2D eigenvalue weighted by Gasteiger charge is 2.49. The molecule has 0 radical (unpaired) electrons. The second-order valence-electron chi connectivity index (χ2n) is 6.01. The van der Waals surface area contributed by atoms with Gasteiger partial charge in [0, 0.05) is 17.3 Å². The summed E-state index contributed by atoms with van der Waals surface area (Å²) < 4.78 is 5.49. The minimum absolute atomic E-state index is 0.0646. The first kappa shape index (κ1) is 11.7. The van der Waals surface area contributed by atoms with E-state index in [4.69, 9.17) is 4.74 Å². The van der Waals surface area contributed by atoms with E-state index in [0.29, 0.717) is 0 Å². The van der Waals surface area contributed by atoms with Gasteiger partial charge in [-0.15, -0.1) is 0 Å². The van der Waals surface area contributed by atoms with Crippen LogP contribution in [0.2, 0.25) is 0 Å². The zero-order chi connectivity index (χ0) is 13.1. The molecular formula is C15H18O3. The van der Waals surface area contributed by atoms with Gasteiger partial charge in [-0.1, -0.05) is 26.8 Å². The molecule has 0 amide bonds. The number of hydrogen-bond acceptors (Lipinski definition) is 3. The zero-order valence-electron chi connectivity index (χ0n) is 11.0. The van der Waals surface area contributed by atoms with E-state index < -0.39 is 0 Å². The maximum Gasteiger partial charge on any atom is 0.314 e. The Morgan fingerprint density at radius 3 is 2.78 bits per heavy atom. The predicted octanol–water partition coefficient (Wildman–Crippen LogP) is 2.62. The molecule has 4 atom stereocenters. The van der Waals surface area contributed by atoms with Gasteiger partial charge in [0.15, 0.2) is 5.78 Å². The Balaban J connectivity index is 2.18. The van der Waals surface area contributed by atoms with E-state index in [1.54, 1.807) is 6.08 Å². The van der Waals surface area contributed by atoms with Gasteiger partial charge in [0.2, 0.25) is 0 Å². The topological polar surface area (TPSA) is 43.4 Å². The highest BCUT2D eigenvalue weighted by atomic mass is 16.5. The van der Waals surface area contributed by atoms with Gasteiger partial charge < -0.3 is 4.74 Å². The van der Waals surface area contributed by atoms with Gasteiger partial charge in [0.05, 0.1) is 5.92 Å². The summed E-state index contributed by atoms with van der Waals surface area (Å²) in [5, 5.41) is 0. The van der Waals surface area contributed by atoms with Crippen molar-refractivity contribution >= 4 is 11.8 Å². The van der Waals surface area contributed by atoms with Gasteiger partial charge in [0.25, 0.3) is 0 Å². The summed E-state index contributed by atoms with van der Waals surface area (Å²) in [7, 11) is 0. The molecule has 3 aliphatic rings. The molecule has 0 saturated carbocycles. The Hall–Kier alpha value is -1.38. The number of ketones is 1. The van der Waals surface area contributed by atoms with Gasteiger partial charge in [-0.2, -0.15) is 0 Å². The lowest BCUT2D eigenvalue weighted by atomic mass is 9.62. The maximum absolute atomic E-state index is 11.9. The lowest BCUT2D eigenvalue weighted by molar-refractivity contribution is -0.138. The zero-order valence-corrected chi connectivity index (χ0v) is 11.0. The number of esters is 1. The van der Waals surface area contributed by atoms with Crippen LogP contribution in [0.4, 0.5) is 0 Å². The Labute approximate surface area is 107 Å². The third-order valence-corrected chi connectivity index (χ3v) is 4.85. The number of fused-ring (bicyclic) bond motifs is 2. The van der Waals surface area contributed by atoms with Crippen molar-refractivity contribution < 1.29 is 14.3 Å². The van der Waals surface area contributed by atoms with Gasteiger partial charge >= 0.3 is 5.97 Å². The molecule has 0 spiro atoms. The van der Waals surface area contributed by atoms with Crippen LogP contribution < -0.4 is 0 Å². The normalized spacial score (nSPS) is 42.7. The van der Waals surface area contributed by atoms with Crippen LogP contribution in [0.1, 0.15) is 33.6 Å². The molecule has 1 fully saturated rings. The molecule has 1 saturated heterocycles. The number of carbonyl (C=O) groups excluding carboxylic acids is 2. The van der Waals surface area contributed by atoms with E-state index in [1.807, 2.05) is 19.9 Å². The molecule has 0 aromatic rings. The summed E-state index contributed by atoms with van der Waals surface area (Å²) in [5.41, 5.74) is 0.938. The van der Waals surface area contributed by atoms with Crippen molar-refractivity contribution in [1.82, 2.24) is 0 Å². The Morgan fingerprint density at radius 2 is 2.06 bits per heavy atom. The van der Waals surface area contributed by atoms with Crippen molar-refractivity contribution in [1.29, 1.82) is 0 Å². The monoisotopic (exact) mass is 246 g/mol. The molecule has 0 bridgehead atoms. The highest BCUT2D eigenvalue weighted by Crippen LogP contribution is 2.53. The summed E-state index contributed by atoms with van der Waals surface area (Å²) in [6.45, 7) is 5.99.